The van der Waals surface area contributed by atoms with Crippen molar-refractivity contribution < 1.29 is 0 Å². The van der Waals surface area contributed by atoms with E-state index in [0.717, 1.165) is 19.4 Å². The molecule has 0 fully saturated rings. The lowest BCUT2D eigenvalue weighted by molar-refractivity contribution is 0.727. The van der Waals surface area contributed by atoms with Gasteiger partial charge in [0.05, 0.1) is 10.7 Å². The van der Waals surface area contributed by atoms with Gasteiger partial charge in [-0.3, -0.25) is 0 Å². The largest absolute Gasteiger partial charge is 0.319 e. The van der Waals surface area contributed by atoms with E-state index in [1.165, 1.54) is 21.1 Å². The van der Waals surface area contributed by atoms with E-state index < -0.39 is 0 Å². The van der Waals surface area contributed by atoms with Crippen molar-refractivity contribution in [1.82, 2.24) is 10.3 Å². The first kappa shape index (κ1) is 14.2. The Morgan fingerprint density at radius 1 is 1.26 bits per heavy atom. The van der Waals surface area contributed by atoms with Gasteiger partial charge in [-0.15, -0.1) is 11.3 Å². The number of benzene rings is 1. The molecule has 1 aromatic heterocycles. The molecule has 1 N–H and O–H groups in total. The second-order valence-electron chi connectivity index (χ2n) is 4.85. The Balaban J connectivity index is 2.36. The van der Waals surface area contributed by atoms with Crippen LogP contribution in [0.25, 0.3) is 11.3 Å². The maximum absolute atomic E-state index is 4.89. The molecule has 19 heavy (non-hydrogen) atoms. The van der Waals surface area contributed by atoms with E-state index >= 15 is 0 Å². The second kappa shape index (κ2) is 6.83. The number of hydrogen-bond acceptors (Lipinski definition) is 3. The third-order valence-corrected chi connectivity index (χ3v) is 4.74. The standard InChI is InChI=1S/C16H22N2S/c1-4-12(2)16-18-15(13-8-6-5-7-9-13)14(19-16)10-11-17-3/h5-9,12,17H,4,10-11H2,1-3H3. The molecule has 0 aliphatic heterocycles. The van der Waals surface area contributed by atoms with Crippen molar-refractivity contribution >= 4 is 11.3 Å². The highest BCUT2D eigenvalue weighted by Gasteiger charge is 2.15. The molecule has 2 rings (SSSR count). The van der Waals surface area contributed by atoms with E-state index in [9.17, 15) is 0 Å². The van der Waals surface area contributed by atoms with Crippen LogP contribution in [0.2, 0.25) is 0 Å². The molecule has 0 bridgehead atoms. The molecule has 1 aromatic carbocycles. The Morgan fingerprint density at radius 3 is 2.63 bits per heavy atom. The van der Waals surface area contributed by atoms with Gasteiger partial charge in [0.1, 0.15) is 0 Å². The minimum Gasteiger partial charge on any atom is -0.319 e. The fourth-order valence-corrected chi connectivity index (χ4v) is 3.21. The normalized spacial score (nSPS) is 12.6. The Bertz CT molecular complexity index is 505. The summed E-state index contributed by atoms with van der Waals surface area (Å²) in [6.07, 6.45) is 2.20. The van der Waals surface area contributed by atoms with Gasteiger partial charge in [-0.2, -0.15) is 0 Å². The summed E-state index contributed by atoms with van der Waals surface area (Å²) in [6.45, 7) is 5.49. The van der Waals surface area contributed by atoms with E-state index in [4.69, 9.17) is 4.98 Å². The van der Waals surface area contributed by atoms with Gasteiger partial charge < -0.3 is 5.32 Å². The maximum atomic E-state index is 4.89. The topological polar surface area (TPSA) is 24.9 Å². The summed E-state index contributed by atoms with van der Waals surface area (Å²) in [7, 11) is 2.00. The summed E-state index contributed by atoms with van der Waals surface area (Å²) >= 11 is 1.88. The van der Waals surface area contributed by atoms with Gasteiger partial charge in [0.25, 0.3) is 0 Å². The fourth-order valence-electron chi connectivity index (χ4n) is 1.98. The van der Waals surface area contributed by atoms with Gasteiger partial charge in [-0.05, 0) is 26.4 Å². The van der Waals surface area contributed by atoms with E-state index in [0.29, 0.717) is 5.92 Å². The van der Waals surface area contributed by atoms with Crippen molar-refractivity contribution in [2.45, 2.75) is 32.6 Å². The summed E-state index contributed by atoms with van der Waals surface area (Å²) in [6, 6.07) is 10.5. The predicted molar refractivity (Wildman–Crippen MR) is 83.9 cm³/mol. The first-order chi connectivity index (χ1) is 9.26. The molecule has 3 heteroatoms. The number of thiazole rings is 1. The highest BCUT2D eigenvalue weighted by atomic mass is 32.1. The van der Waals surface area contributed by atoms with Crippen LogP contribution < -0.4 is 5.32 Å². The number of nitrogens with one attached hydrogen (secondary N) is 1. The van der Waals surface area contributed by atoms with Crippen LogP contribution in [0.1, 0.15) is 36.1 Å². The minimum atomic E-state index is 0.552. The molecule has 1 unspecified atom stereocenters. The Labute approximate surface area is 119 Å². The average molecular weight is 274 g/mol. The van der Waals surface area contributed by atoms with E-state index in [2.05, 4.69) is 49.5 Å². The Hall–Kier alpha value is -1.19. The van der Waals surface area contributed by atoms with Crippen molar-refractivity contribution in [3.05, 3.63) is 40.2 Å². The number of aromatic nitrogens is 1. The highest BCUT2D eigenvalue weighted by molar-refractivity contribution is 7.12. The van der Waals surface area contributed by atoms with Gasteiger partial charge in [0.15, 0.2) is 0 Å². The molecule has 0 spiro atoms. The van der Waals surface area contributed by atoms with E-state index in [1.807, 2.05) is 18.4 Å². The van der Waals surface area contributed by atoms with Crippen LogP contribution in [0.15, 0.2) is 30.3 Å². The van der Waals surface area contributed by atoms with Crippen molar-refractivity contribution in [3.63, 3.8) is 0 Å². The molecule has 2 aromatic rings. The van der Waals surface area contributed by atoms with Crippen molar-refractivity contribution in [2.24, 2.45) is 0 Å². The fraction of sp³-hybridized carbons (Fsp3) is 0.438. The molecule has 0 saturated carbocycles. The lowest BCUT2D eigenvalue weighted by atomic mass is 10.1. The van der Waals surface area contributed by atoms with Gasteiger partial charge in [0.2, 0.25) is 0 Å². The van der Waals surface area contributed by atoms with Crippen molar-refractivity contribution in [1.29, 1.82) is 0 Å². The molecule has 0 aliphatic rings. The third-order valence-electron chi connectivity index (χ3n) is 3.40. The summed E-state index contributed by atoms with van der Waals surface area (Å²) in [5.74, 6) is 0.552. The molecule has 0 aliphatic carbocycles. The SMILES string of the molecule is CCC(C)c1nc(-c2ccccc2)c(CCNC)s1. The number of nitrogens with zero attached hydrogens (tertiary/aromatic N) is 1. The van der Waals surface area contributed by atoms with Crippen LogP contribution in [0, 0.1) is 0 Å². The molecular weight excluding hydrogens is 252 g/mol. The average Bonchev–Trinajstić information content (AvgIpc) is 2.89. The van der Waals surface area contributed by atoms with Gasteiger partial charge in [-0.1, -0.05) is 44.2 Å². The zero-order valence-electron chi connectivity index (χ0n) is 11.9. The van der Waals surface area contributed by atoms with Crippen LogP contribution in [-0.2, 0) is 6.42 Å². The molecule has 1 atom stereocenters. The molecule has 0 saturated heterocycles. The van der Waals surface area contributed by atoms with Crippen LogP contribution in [-0.4, -0.2) is 18.6 Å². The molecule has 1 heterocycles. The molecular formula is C16H22N2S. The molecule has 102 valence electrons. The van der Waals surface area contributed by atoms with Crippen molar-refractivity contribution in [3.8, 4) is 11.3 Å². The van der Waals surface area contributed by atoms with Crippen molar-refractivity contribution in [2.75, 3.05) is 13.6 Å². The van der Waals surface area contributed by atoms with Gasteiger partial charge >= 0.3 is 0 Å². The first-order valence-electron chi connectivity index (χ1n) is 6.95. The van der Waals surface area contributed by atoms with Crippen LogP contribution in [0.5, 0.6) is 0 Å². The summed E-state index contributed by atoms with van der Waals surface area (Å²) in [4.78, 5) is 6.29. The lowest BCUT2D eigenvalue weighted by Gasteiger charge is -2.02. The van der Waals surface area contributed by atoms with Crippen LogP contribution in [0.3, 0.4) is 0 Å². The van der Waals surface area contributed by atoms with Crippen LogP contribution in [0.4, 0.5) is 0 Å². The number of rotatable bonds is 6. The monoisotopic (exact) mass is 274 g/mol. The van der Waals surface area contributed by atoms with E-state index in [-0.39, 0.29) is 0 Å². The van der Waals surface area contributed by atoms with E-state index in [1.54, 1.807) is 0 Å². The molecule has 2 nitrogen and oxygen atoms in total. The maximum Gasteiger partial charge on any atom is 0.0963 e. The highest BCUT2D eigenvalue weighted by Crippen LogP contribution is 2.33. The predicted octanol–water partition coefficient (Wildman–Crippen LogP) is 4.09. The van der Waals surface area contributed by atoms with Crippen LogP contribution >= 0.6 is 11.3 Å². The zero-order chi connectivity index (χ0) is 13.7. The zero-order valence-corrected chi connectivity index (χ0v) is 12.8. The minimum absolute atomic E-state index is 0.552. The third kappa shape index (κ3) is 3.43. The summed E-state index contributed by atoms with van der Waals surface area (Å²) in [5, 5.41) is 4.50. The molecule has 0 amide bonds. The molecule has 0 radical (unpaired) electrons. The van der Waals surface area contributed by atoms with Gasteiger partial charge in [0, 0.05) is 16.4 Å². The number of likely N-dealkylation sites (N-methyl/N-ethyl adjacent to an activating group) is 1. The summed E-state index contributed by atoms with van der Waals surface area (Å²) in [5.41, 5.74) is 2.41. The Kier molecular flexibility index (Phi) is 5.11. The summed E-state index contributed by atoms with van der Waals surface area (Å²) < 4.78 is 0. The quantitative estimate of drug-likeness (QED) is 0.858. The Morgan fingerprint density at radius 2 is 2.00 bits per heavy atom. The van der Waals surface area contributed by atoms with Gasteiger partial charge in [-0.25, -0.2) is 4.98 Å². The number of hydrogen-bond donors (Lipinski definition) is 1. The smallest absolute Gasteiger partial charge is 0.0963 e. The first-order valence-corrected chi connectivity index (χ1v) is 7.77. The second-order valence-corrected chi connectivity index (χ2v) is 5.97. The lowest BCUT2D eigenvalue weighted by Crippen LogP contribution is -2.09.